The van der Waals surface area contributed by atoms with Gasteiger partial charge in [-0.3, -0.25) is 0 Å². The molecule has 0 fully saturated rings. The molecule has 1 aliphatic carbocycles. The lowest BCUT2D eigenvalue weighted by Crippen LogP contribution is -2.23. The van der Waals surface area contributed by atoms with Gasteiger partial charge in [0.25, 0.3) is 0 Å². The van der Waals surface area contributed by atoms with E-state index in [1.165, 1.54) is 0 Å². The van der Waals surface area contributed by atoms with E-state index in [4.69, 9.17) is 25.5 Å². The van der Waals surface area contributed by atoms with Crippen molar-refractivity contribution in [3.63, 3.8) is 0 Å². The first-order chi connectivity index (χ1) is 16.3. The number of rotatable bonds is 9. The van der Waals surface area contributed by atoms with E-state index in [0.717, 1.165) is 45.6 Å². The summed E-state index contributed by atoms with van der Waals surface area (Å²) in [5.41, 5.74) is 4.59. The Bertz CT molecular complexity index is 1290. The minimum atomic E-state index is -0.807. The van der Waals surface area contributed by atoms with E-state index >= 15 is 0 Å². The average Bonchev–Trinajstić information content (AvgIpc) is 3.35. The summed E-state index contributed by atoms with van der Waals surface area (Å²) in [5.74, 6) is 4.76. The minimum absolute atomic E-state index is 0. The van der Waals surface area contributed by atoms with E-state index in [9.17, 15) is 0 Å². The molecule has 3 aromatic rings. The van der Waals surface area contributed by atoms with Gasteiger partial charge in [0, 0.05) is 34.1 Å². The zero-order valence-corrected chi connectivity index (χ0v) is 21.8. The molecule has 1 N–H and O–H groups in total. The second kappa shape index (κ2) is 10.5. The van der Waals surface area contributed by atoms with Gasteiger partial charge in [-0.15, -0.1) is 18.8 Å². The molecule has 7 nitrogen and oxygen atoms in total. The lowest BCUT2D eigenvalue weighted by molar-refractivity contribution is 0.0150. The Labute approximate surface area is 212 Å². The fourth-order valence-electron chi connectivity index (χ4n) is 3.91. The molecule has 0 saturated carbocycles. The highest BCUT2D eigenvalue weighted by Gasteiger charge is 2.33. The van der Waals surface area contributed by atoms with Crippen molar-refractivity contribution in [3.8, 4) is 40.8 Å². The van der Waals surface area contributed by atoms with Crippen molar-refractivity contribution < 1.29 is 19.0 Å². The molecule has 1 aliphatic rings. The third-order valence-corrected chi connectivity index (χ3v) is 6.18. The van der Waals surface area contributed by atoms with Crippen molar-refractivity contribution in [1.82, 2.24) is 9.88 Å². The van der Waals surface area contributed by atoms with Crippen molar-refractivity contribution >= 4 is 29.0 Å². The van der Waals surface area contributed by atoms with Gasteiger partial charge >= 0.3 is 0 Å². The first kappa shape index (κ1) is 26.3. The summed E-state index contributed by atoms with van der Waals surface area (Å²) in [7, 11) is 7.29. The number of likely N-dealkylation sites (N-methyl/N-ethyl adjacent to an activating group) is 1. The van der Waals surface area contributed by atoms with Crippen molar-refractivity contribution in [2.24, 2.45) is 5.16 Å². The number of hydrogen-bond acceptors (Lipinski definition) is 6. The Morgan fingerprint density at radius 1 is 1.09 bits per heavy atom. The third kappa shape index (κ3) is 4.90. The predicted octanol–water partition coefficient (Wildman–Crippen LogP) is 5.10. The van der Waals surface area contributed by atoms with Crippen LogP contribution in [0, 0.1) is 12.3 Å². The fourth-order valence-corrected chi connectivity index (χ4v) is 3.91. The SMILES string of the molecule is C#CC(C)(CC)ON=C1c2cc(OC)c(OC)cc2-c2[nH]c3ccc(OCCN(C)C)cc3c21.Cl. The Kier molecular flexibility index (Phi) is 7.89. The Hall–Kier alpha value is -3.34. The number of terminal acetylenes is 1. The van der Waals surface area contributed by atoms with Gasteiger partial charge in [-0.2, -0.15) is 0 Å². The summed E-state index contributed by atoms with van der Waals surface area (Å²) in [4.78, 5) is 11.6. The van der Waals surface area contributed by atoms with Gasteiger partial charge in [-0.25, -0.2) is 0 Å². The number of nitrogens with zero attached hydrogens (tertiary/aromatic N) is 2. The van der Waals surface area contributed by atoms with Crippen LogP contribution in [-0.4, -0.2) is 62.7 Å². The number of halogens is 1. The number of benzene rings is 2. The molecular formula is C27H32ClN3O4. The van der Waals surface area contributed by atoms with E-state index in [1.807, 2.05) is 58.3 Å². The second-order valence-electron chi connectivity index (χ2n) is 8.75. The van der Waals surface area contributed by atoms with Gasteiger partial charge in [-0.05, 0) is 57.8 Å². The van der Waals surface area contributed by atoms with Crippen molar-refractivity contribution in [3.05, 3.63) is 41.5 Å². The van der Waals surface area contributed by atoms with E-state index in [-0.39, 0.29) is 12.4 Å². The summed E-state index contributed by atoms with van der Waals surface area (Å²) >= 11 is 0. The maximum atomic E-state index is 6.00. The summed E-state index contributed by atoms with van der Waals surface area (Å²) < 4.78 is 17.1. The summed E-state index contributed by atoms with van der Waals surface area (Å²) in [6.45, 7) is 5.26. The fraction of sp³-hybridized carbons (Fsp3) is 0.370. The highest BCUT2D eigenvalue weighted by molar-refractivity contribution is 6.30. The molecule has 8 heteroatoms. The molecule has 1 unspecified atom stereocenters. The van der Waals surface area contributed by atoms with Crippen LogP contribution in [0.5, 0.6) is 17.2 Å². The zero-order chi connectivity index (χ0) is 24.5. The minimum Gasteiger partial charge on any atom is -0.493 e. The normalized spacial score (nSPS) is 14.6. The largest absolute Gasteiger partial charge is 0.493 e. The lowest BCUT2D eigenvalue weighted by atomic mass is 10.0. The second-order valence-corrected chi connectivity index (χ2v) is 8.75. The molecule has 4 rings (SSSR count). The van der Waals surface area contributed by atoms with Crippen LogP contribution in [0.15, 0.2) is 35.5 Å². The molecule has 1 heterocycles. The van der Waals surface area contributed by atoms with Crippen molar-refractivity contribution in [2.45, 2.75) is 25.9 Å². The first-order valence-corrected chi connectivity index (χ1v) is 11.3. The number of aromatic amines is 1. The predicted molar refractivity (Wildman–Crippen MR) is 142 cm³/mol. The van der Waals surface area contributed by atoms with Crippen molar-refractivity contribution in [2.75, 3.05) is 41.5 Å². The summed E-state index contributed by atoms with van der Waals surface area (Å²) in [6.07, 6.45) is 6.35. The lowest BCUT2D eigenvalue weighted by Gasteiger charge is -2.19. The molecule has 0 radical (unpaired) electrons. The van der Waals surface area contributed by atoms with Gasteiger partial charge in [0.2, 0.25) is 0 Å². The van der Waals surface area contributed by atoms with Gasteiger partial charge in [-0.1, -0.05) is 18.0 Å². The average molecular weight is 498 g/mol. The van der Waals surface area contributed by atoms with E-state index < -0.39 is 5.60 Å². The molecule has 0 bridgehead atoms. The van der Waals surface area contributed by atoms with Crippen molar-refractivity contribution in [1.29, 1.82) is 0 Å². The quantitative estimate of drug-likeness (QED) is 0.257. The van der Waals surface area contributed by atoms with Crippen LogP contribution in [0.3, 0.4) is 0 Å². The number of nitrogens with one attached hydrogen (secondary N) is 1. The molecule has 0 spiro atoms. The monoisotopic (exact) mass is 497 g/mol. The molecule has 1 aromatic heterocycles. The molecule has 1 atom stereocenters. The Morgan fingerprint density at radius 2 is 1.77 bits per heavy atom. The van der Waals surface area contributed by atoms with Crippen LogP contribution in [0.4, 0.5) is 0 Å². The standard InChI is InChI=1S/C27H31N3O4.ClH/c1-8-27(3,9-2)34-29-26-19-16-23(32-7)22(31-6)15-18(19)25-24(26)20-14-17(10-11-21(20)28-25)33-13-12-30(4)5;/h1,10-11,14-16,28H,9,12-13H2,2-7H3;1H. The summed E-state index contributed by atoms with van der Waals surface area (Å²) in [5, 5.41) is 5.59. The molecular weight excluding hydrogens is 466 g/mol. The molecule has 0 saturated heterocycles. The van der Waals surface area contributed by atoms with Crippen LogP contribution in [0.1, 0.15) is 31.4 Å². The van der Waals surface area contributed by atoms with E-state index in [1.54, 1.807) is 14.2 Å². The van der Waals surface area contributed by atoms with Crippen LogP contribution in [0.25, 0.3) is 22.2 Å². The van der Waals surface area contributed by atoms with E-state index in [0.29, 0.717) is 30.2 Å². The van der Waals surface area contributed by atoms with Crippen LogP contribution in [0.2, 0.25) is 0 Å². The Balaban J connectivity index is 0.00000342. The summed E-state index contributed by atoms with van der Waals surface area (Å²) in [6, 6.07) is 9.91. The van der Waals surface area contributed by atoms with Gasteiger partial charge in [0.1, 0.15) is 18.1 Å². The van der Waals surface area contributed by atoms with Crippen LogP contribution >= 0.6 is 12.4 Å². The molecule has 0 aliphatic heterocycles. The van der Waals surface area contributed by atoms with Gasteiger partial charge in [0.15, 0.2) is 17.1 Å². The molecule has 2 aromatic carbocycles. The van der Waals surface area contributed by atoms with Crippen LogP contribution in [-0.2, 0) is 4.84 Å². The third-order valence-electron chi connectivity index (χ3n) is 6.18. The molecule has 186 valence electrons. The van der Waals surface area contributed by atoms with Gasteiger partial charge < -0.3 is 28.9 Å². The number of aromatic nitrogens is 1. The topological polar surface area (TPSA) is 68.3 Å². The maximum Gasteiger partial charge on any atom is 0.194 e. The number of H-pyrrole nitrogens is 1. The highest BCUT2D eigenvalue weighted by atomic mass is 35.5. The smallest absolute Gasteiger partial charge is 0.194 e. The van der Waals surface area contributed by atoms with Crippen LogP contribution < -0.4 is 14.2 Å². The first-order valence-electron chi connectivity index (χ1n) is 11.3. The zero-order valence-electron chi connectivity index (χ0n) is 21.0. The van der Waals surface area contributed by atoms with Gasteiger partial charge in [0.05, 0.1) is 19.9 Å². The van der Waals surface area contributed by atoms with E-state index in [2.05, 4.69) is 21.0 Å². The highest BCUT2D eigenvalue weighted by Crippen LogP contribution is 2.46. The molecule has 35 heavy (non-hydrogen) atoms. The number of ether oxygens (including phenoxy) is 3. The maximum absolute atomic E-state index is 6.00. The number of hydrogen-bond donors (Lipinski definition) is 1. The number of oxime groups is 1. The molecule has 0 amide bonds. The Morgan fingerprint density at radius 3 is 2.37 bits per heavy atom. The number of fused-ring (bicyclic) bond motifs is 5. The number of methoxy groups -OCH3 is 2.